The van der Waals surface area contributed by atoms with Crippen molar-refractivity contribution < 1.29 is 4.79 Å². The van der Waals surface area contributed by atoms with Crippen molar-refractivity contribution in [1.29, 1.82) is 5.41 Å². The minimum absolute atomic E-state index is 0.0193. The molecule has 100 valence electrons. The van der Waals surface area contributed by atoms with E-state index in [4.69, 9.17) is 11.1 Å². The number of nitrogen functional groups attached to an aromatic ring is 1. The maximum atomic E-state index is 12.7. The molecule has 0 saturated carbocycles. The molecule has 3 aromatic rings. The Hall–Kier alpha value is -2.94. The standard InChI is InChI=1S/C18H12N2O/c19-18(20)14-9-8-10-4-3-7-13-15(10)16(14)11-5-1-2-6-12(11)17(13)21/h1-9H,(H3,19,20). The number of carbonyl (C=O) groups is 1. The molecule has 21 heavy (non-hydrogen) atoms. The quantitative estimate of drug-likeness (QED) is 0.412. The van der Waals surface area contributed by atoms with Crippen LogP contribution in [0.5, 0.6) is 0 Å². The first-order valence-electron chi connectivity index (χ1n) is 6.72. The minimum Gasteiger partial charge on any atom is -0.384 e. The third-order valence-corrected chi connectivity index (χ3v) is 4.02. The fourth-order valence-electron chi connectivity index (χ4n) is 3.12. The number of nitrogens with two attached hydrogens (primary N) is 1. The molecule has 3 aromatic carbocycles. The van der Waals surface area contributed by atoms with Gasteiger partial charge in [0.2, 0.25) is 0 Å². The molecule has 1 aliphatic carbocycles. The molecule has 0 radical (unpaired) electrons. The van der Waals surface area contributed by atoms with E-state index in [1.165, 1.54) is 0 Å². The van der Waals surface area contributed by atoms with Crippen molar-refractivity contribution in [3.05, 3.63) is 71.3 Å². The van der Waals surface area contributed by atoms with Gasteiger partial charge in [-0.25, -0.2) is 0 Å². The second kappa shape index (κ2) is 4.03. The summed E-state index contributed by atoms with van der Waals surface area (Å²) in [5.74, 6) is 0.0512. The maximum Gasteiger partial charge on any atom is 0.194 e. The Bertz CT molecular complexity index is 941. The number of hydrogen-bond acceptors (Lipinski definition) is 2. The molecule has 3 heteroatoms. The highest BCUT2D eigenvalue weighted by Crippen LogP contribution is 2.41. The van der Waals surface area contributed by atoms with E-state index >= 15 is 0 Å². The summed E-state index contributed by atoms with van der Waals surface area (Å²) in [5, 5.41) is 9.73. The predicted octanol–water partition coefficient (Wildman–Crippen LogP) is 3.34. The zero-order chi connectivity index (χ0) is 14.6. The molecule has 0 aliphatic heterocycles. The van der Waals surface area contributed by atoms with Gasteiger partial charge in [-0.05, 0) is 10.9 Å². The normalized spacial score (nSPS) is 12.3. The number of nitrogens with one attached hydrogen (secondary N) is 1. The van der Waals surface area contributed by atoms with E-state index in [1.54, 1.807) is 0 Å². The Morgan fingerprint density at radius 1 is 0.857 bits per heavy atom. The minimum atomic E-state index is 0.0193. The van der Waals surface area contributed by atoms with Gasteiger partial charge in [0, 0.05) is 27.6 Å². The summed E-state index contributed by atoms with van der Waals surface area (Å²) in [7, 11) is 0. The summed E-state index contributed by atoms with van der Waals surface area (Å²) >= 11 is 0. The van der Waals surface area contributed by atoms with Crippen LogP contribution in [0, 0.1) is 5.41 Å². The Balaban J connectivity index is 2.29. The lowest BCUT2D eigenvalue weighted by atomic mass is 9.80. The van der Waals surface area contributed by atoms with E-state index in [1.807, 2.05) is 54.6 Å². The van der Waals surface area contributed by atoms with Crippen LogP contribution >= 0.6 is 0 Å². The molecule has 3 nitrogen and oxygen atoms in total. The lowest BCUT2D eigenvalue weighted by molar-refractivity contribution is 0.104. The Labute approximate surface area is 121 Å². The number of ketones is 1. The molecule has 0 heterocycles. The van der Waals surface area contributed by atoms with E-state index in [9.17, 15) is 4.79 Å². The number of benzene rings is 3. The van der Waals surface area contributed by atoms with Crippen molar-refractivity contribution in [3.63, 3.8) is 0 Å². The Morgan fingerprint density at radius 3 is 2.33 bits per heavy atom. The zero-order valence-corrected chi connectivity index (χ0v) is 11.2. The third kappa shape index (κ3) is 1.48. The van der Waals surface area contributed by atoms with Crippen molar-refractivity contribution in [3.8, 4) is 11.1 Å². The highest BCUT2D eigenvalue weighted by molar-refractivity contribution is 6.28. The summed E-state index contributed by atoms with van der Waals surface area (Å²) in [6.07, 6.45) is 0. The van der Waals surface area contributed by atoms with Crippen LogP contribution < -0.4 is 5.73 Å². The van der Waals surface area contributed by atoms with E-state index in [0.717, 1.165) is 21.9 Å². The first kappa shape index (κ1) is 11.9. The largest absolute Gasteiger partial charge is 0.384 e. The third-order valence-electron chi connectivity index (χ3n) is 4.02. The number of carbonyl (C=O) groups excluding carboxylic acids is 1. The summed E-state index contributed by atoms with van der Waals surface area (Å²) in [6, 6.07) is 17.0. The van der Waals surface area contributed by atoms with Crippen LogP contribution in [0.1, 0.15) is 21.5 Å². The van der Waals surface area contributed by atoms with Crippen LogP contribution in [-0.2, 0) is 0 Å². The summed E-state index contributed by atoms with van der Waals surface area (Å²) < 4.78 is 0. The van der Waals surface area contributed by atoms with Crippen molar-refractivity contribution >= 4 is 22.4 Å². The SMILES string of the molecule is N=C(N)c1ccc2cccc3c2c1-c1ccccc1C3=O. The van der Waals surface area contributed by atoms with Gasteiger partial charge in [0.15, 0.2) is 5.78 Å². The fraction of sp³-hybridized carbons (Fsp3) is 0. The molecule has 0 unspecified atom stereocenters. The first-order chi connectivity index (χ1) is 10.2. The zero-order valence-electron chi connectivity index (χ0n) is 11.2. The summed E-state index contributed by atoms with van der Waals surface area (Å²) in [5.41, 5.74) is 9.53. The highest BCUT2D eigenvalue weighted by atomic mass is 16.1. The summed E-state index contributed by atoms with van der Waals surface area (Å²) in [4.78, 5) is 12.7. The molecule has 0 saturated heterocycles. The molecule has 0 fully saturated rings. The molecule has 4 rings (SSSR count). The number of hydrogen-bond donors (Lipinski definition) is 2. The second-order valence-corrected chi connectivity index (χ2v) is 5.18. The molecular weight excluding hydrogens is 260 g/mol. The number of rotatable bonds is 1. The van der Waals surface area contributed by atoms with Crippen LogP contribution in [0.3, 0.4) is 0 Å². The Kier molecular flexibility index (Phi) is 2.27. The molecule has 0 amide bonds. The van der Waals surface area contributed by atoms with Crippen molar-refractivity contribution in [2.45, 2.75) is 0 Å². The van der Waals surface area contributed by atoms with Gasteiger partial charge in [-0.2, -0.15) is 0 Å². The fourth-order valence-corrected chi connectivity index (χ4v) is 3.12. The molecule has 0 spiro atoms. The van der Waals surface area contributed by atoms with Gasteiger partial charge in [-0.1, -0.05) is 54.6 Å². The van der Waals surface area contributed by atoms with Gasteiger partial charge < -0.3 is 5.73 Å². The highest BCUT2D eigenvalue weighted by Gasteiger charge is 2.27. The van der Waals surface area contributed by atoms with Gasteiger partial charge >= 0.3 is 0 Å². The smallest absolute Gasteiger partial charge is 0.194 e. The van der Waals surface area contributed by atoms with Crippen LogP contribution in [0.4, 0.5) is 0 Å². The van der Waals surface area contributed by atoms with Crippen LogP contribution in [0.2, 0.25) is 0 Å². The second-order valence-electron chi connectivity index (χ2n) is 5.18. The maximum absolute atomic E-state index is 12.7. The van der Waals surface area contributed by atoms with Crippen molar-refractivity contribution in [2.24, 2.45) is 5.73 Å². The van der Waals surface area contributed by atoms with Crippen molar-refractivity contribution in [2.75, 3.05) is 0 Å². The monoisotopic (exact) mass is 272 g/mol. The molecule has 0 atom stereocenters. The van der Waals surface area contributed by atoms with Crippen LogP contribution in [0.15, 0.2) is 54.6 Å². The van der Waals surface area contributed by atoms with Gasteiger partial charge in [0.05, 0.1) is 0 Å². The van der Waals surface area contributed by atoms with E-state index in [0.29, 0.717) is 16.7 Å². The predicted molar refractivity (Wildman–Crippen MR) is 83.8 cm³/mol. The molecule has 0 bridgehead atoms. The number of amidine groups is 1. The lowest BCUT2D eigenvalue weighted by Gasteiger charge is -2.22. The van der Waals surface area contributed by atoms with Gasteiger partial charge in [-0.3, -0.25) is 10.2 Å². The topological polar surface area (TPSA) is 66.9 Å². The first-order valence-corrected chi connectivity index (χ1v) is 6.72. The van der Waals surface area contributed by atoms with E-state index in [-0.39, 0.29) is 11.6 Å². The van der Waals surface area contributed by atoms with Crippen LogP contribution in [-0.4, -0.2) is 11.6 Å². The summed E-state index contributed by atoms with van der Waals surface area (Å²) in [6.45, 7) is 0. The van der Waals surface area contributed by atoms with Crippen molar-refractivity contribution in [1.82, 2.24) is 0 Å². The molecule has 0 aromatic heterocycles. The van der Waals surface area contributed by atoms with Crippen LogP contribution in [0.25, 0.3) is 21.9 Å². The van der Waals surface area contributed by atoms with Gasteiger partial charge in [-0.15, -0.1) is 0 Å². The molecule has 3 N–H and O–H groups in total. The average molecular weight is 272 g/mol. The lowest BCUT2D eigenvalue weighted by Crippen LogP contribution is -2.16. The van der Waals surface area contributed by atoms with Gasteiger partial charge in [0.1, 0.15) is 5.84 Å². The average Bonchev–Trinajstić information content (AvgIpc) is 2.51. The van der Waals surface area contributed by atoms with E-state index in [2.05, 4.69) is 0 Å². The number of fused-ring (bicyclic) bond motifs is 2. The molecular formula is C18H12N2O. The van der Waals surface area contributed by atoms with E-state index < -0.39 is 0 Å². The van der Waals surface area contributed by atoms with Gasteiger partial charge in [0.25, 0.3) is 0 Å². The Morgan fingerprint density at radius 2 is 1.57 bits per heavy atom. The molecule has 1 aliphatic rings.